The summed E-state index contributed by atoms with van der Waals surface area (Å²) in [6, 6.07) is 0. The highest BCUT2D eigenvalue weighted by Gasteiger charge is 2.34. The zero-order valence-corrected chi connectivity index (χ0v) is 14.4. The number of carbonyl (C=O) groups is 2. The van der Waals surface area contributed by atoms with Crippen molar-refractivity contribution >= 4 is 11.8 Å². The van der Waals surface area contributed by atoms with E-state index in [1.54, 1.807) is 6.92 Å². The summed E-state index contributed by atoms with van der Waals surface area (Å²) in [5.41, 5.74) is 2.19. The molecule has 0 fully saturated rings. The number of hydrogen-bond donors (Lipinski definition) is 0. The average Bonchev–Trinajstić information content (AvgIpc) is 2.34. The van der Waals surface area contributed by atoms with E-state index in [2.05, 4.69) is 0 Å². The first kappa shape index (κ1) is 17.4. The minimum atomic E-state index is -0.367. The Kier molecular flexibility index (Phi) is 4.66. The van der Waals surface area contributed by atoms with Gasteiger partial charge in [0.15, 0.2) is 5.78 Å². The van der Waals surface area contributed by atoms with Crippen molar-refractivity contribution in [3.63, 3.8) is 0 Å². The van der Waals surface area contributed by atoms with Crippen LogP contribution in [0, 0.1) is 10.8 Å². The number of methoxy groups -OCH3 is 1. The molecule has 0 saturated carbocycles. The third-order valence-corrected chi connectivity index (χ3v) is 3.63. The normalized spacial score (nSPS) is 16.4. The molecule has 0 aromatic heterocycles. The number of allylic oxidation sites excluding steroid dienone is 5. The lowest BCUT2D eigenvalue weighted by molar-refractivity contribution is -0.136. The van der Waals surface area contributed by atoms with E-state index in [1.165, 1.54) is 7.11 Å². The van der Waals surface area contributed by atoms with Crippen LogP contribution in [0.2, 0.25) is 0 Å². The minimum absolute atomic E-state index is 0.0661. The molecule has 116 valence electrons. The van der Waals surface area contributed by atoms with E-state index in [9.17, 15) is 9.59 Å². The summed E-state index contributed by atoms with van der Waals surface area (Å²) < 4.78 is 4.79. The van der Waals surface area contributed by atoms with Crippen molar-refractivity contribution in [3.05, 3.63) is 34.4 Å². The molecule has 0 radical (unpaired) electrons. The summed E-state index contributed by atoms with van der Waals surface area (Å²) >= 11 is 0. The van der Waals surface area contributed by atoms with Gasteiger partial charge in [-0.3, -0.25) is 4.79 Å². The molecule has 3 nitrogen and oxygen atoms in total. The third kappa shape index (κ3) is 3.72. The average molecular weight is 290 g/mol. The zero-order valence-electron chi connectivity index (χ0n) is 14.4. The molecule has 0 unspecified atom stereocenters. The van der Waals surface area contributed by atoms with Crippen LogP contribution in [0.25, 0.3) is 0 Å². The first-order chi connectivity index (χ1) is 9.39. The summed E-state index contributed by atoms with van der Waals surface area (Å²) in [4.78, 5) is 24.5. The molecule has 0 spiro atoms. The molecule has 1 rings (SSSR count). The number of rotatable bonds is 1. The topological polar surface area (TPSA) is 43.4 Å². The first-order valence-electron chi connectivity index (χ1n) is 7.18. The van der Waals surface area contributed by atoms with E-state index in [0.717, 1.165) is 16.7 Å². The lowest BCUT2D eigenvalue weighted by Gasteiger charge is -2.31. The Morgan fingerprint density at radius 3 is 1.62 bits per heavy atom. The van der Waals surface area contributed by atoms with Gasteiger partial charge in [0, 0.05) is 16.7 Å². The Hall–Kier alpha value is -1.64. The highest BCUT2D eigenvalue weighted by molar-refractivity contribution is 6.12. The van der Waals surface area contributed by atoms with Gasteiger partial charge in [0.2, 0.25) is 0 Å². The van der Waals surface area contributed by atoms with Crippen molar-refractivity contribution in [2.45, 2.75) is 48.5 Å². The maximum Gasteiger partial charge on any atom is 0.334 e. The molecular formula is C18H26O3. The van der Waals surface area contributed by atoms with Crippen molar-refractivity contribution in [1.29, 1.82) is 0 Å². The number of ketones is 1. The Labute approximate surface area is 127 Å². The van der Waals surface area contributed by atoms with Crippen LogP contribution in [0.3, 0.4) is 0 Å². The van der Waals surface area contributed by atoms with E-state index >= 15 is 0 Å². The lowest BCUT2D eigenvalue weighted by Crippen LogP contribution is -2.28. The van der Waals surface area contributed by atoms with Gasteiger partial charge in [-0.1, -0.05) is 41.5 Å². The van der Waals surface area contributed by atoms with Gasteiger partial charge in [0.1, 0.15) is 0 Å². The molecule has 0 bridgehead atoms. The molecule has 0 aliphatic heterocycles. The second-order valence-electron chi connectivity index (χ2n) is 7.52. The van der Waals surface area contributed by atoms with Crippen molar-refractivity contribution in [2.24, 2.45) is 10.8 Å². The SMILES string of the molecule is COC(=O)C(C)=C1C=C(C(C)(C)C)C(=O)C(C(C)(C)C)=C1. The molecular weight excluding hydrogens is 264 g/mol. The number of Topliss-reactive ketones (excluding diaryl/α,β-unsaturated/α-hetero) is 1. The van der Waals surface area contributed by atoms with Crippen molar-refractivity contribution in [2.75, 3.05) is 7.11 Å². The van der Waals surface area contributed by atoms with E-state index in [0.29, 0.717) is 5.57 Å². The molecule has 0 atom stereocenters. The minimum Gasteiger partial charge on any atom is -0.466 e. The van der Waals surface area contributed by atoms with Crippen LogP contribution in [0.4, 0.5) is 0 Å². The van der Waals surface area contributed by atoms with E-state index < -0.39 is 0 Å². The smallest absolute Gasteiger partial charge is 0.334 e. The highest BCUT2D eigenvalue weighted by Crippen LogP contribution is 2.39. The predicted molar refractivity (Wildman–Crippen MR) is 84.8 cm³/mol. The summed E-state index contributed by atoms with van der Waals surface area (Å²) in [7, 11) is 1.36. The molecule has 21 heavy (non-hydrogen) atoms. The van der Waals surface area contributed by atoms with Crippen LogP contribution in [0.5, 0.6) is 0 Å². The Morgan fingerprint density at radius 1 is 0.952 bits per heavy atom. The number of esters is 1. The fourth-order valence-corrected chi connectivity index (χ4v) is 2.23. The van der Waals surface area contributed by atoms with Crippen LogP contribution in [0.1, 0.15) is 48.5 Å². The maximum atomic E-state index is 12.8. The third-order valence-electron chi connectivity index (χ3n) is 3.63. The van der Waals surface area contributed by atoms with Gasteiger partial charge < -0.3 is 4.74 Å². The fourth-order valence-electron chi connectivity index (χ4n) is 2.23. The van der Waals surface area contributed by atoms with Crippen LogP contribution in [-0.2, 0) is 14.3 Å². The second kappa shape index (κ2) is 5.63. The number of ether oxygens (including phenoxy) is 1. The van der Waals surface area contributed by atoms with Crippen LogP contribution in [0.15, 0.2) is 34.4 Å². The number of carbonyl (C=O) groups excluding carboxylic acids is 2. The summed E-state index contributed by atoms with van der Waals surface area (Å²) in [6.07, 6.45) is 3.65. The quantitative estimate of drug-likeness (QED) is 0.541. The molecule has 1 aliphatic rings. The summed E-state index contributed by atoms with van der Waals surface area (Å²) in [5.74, 6) is -0.301. The summed E-state index contributed by atoms with van der Waals surface area (Å²) in [5, 5.41) is 0. The van der Waals surface area contributed by atoms with Gasteiger partial charge in [-0.25, -0.2) is 4.79 Å². The van der Waals surface area contributed by atoms with Gasteiger partial charge >= 0.3 is 5.97 Å². The van der Waals surface area contributed by atoms with Crippen molar-refractivity contribution in [1.82, 2.24) is 0 Å². The molecule has 0 aromatic carbocycles. The molecule has 0 saturated heterocycles. The van der Waals surface area contributed by atoms with Gasteiger partial charge in [-0.05, 0) is 35.5 Å². The van der Waals surface area contributed by atoms with Gasteiger partial charge in [0.25, 0.3) is 0 Å². The molecule has 0 amide bonds. The largest absolute Gasteiger partial charge is 0.466 e. The van der Waals surface area contributed by atoms with Gasteiger partial charge in [0.05, 0.1) is 7.11 Å². The Balaban J connectivity index is 3.57. The standard InChI is InChI=1S/C18H26O3/c1-11(16(20)21-8)12-9-13(17(2,3)4)15(19)14(10-12)18(5,6)7/h9-10H,1-8H3. The maximum absolute atomic E-state index is 12.8. The van der Waals surface area contributed by atoms with Crippen LogP contribution in [-0.4, -0.2) is 18.9 Å². The Morgan fingerprint density at radius 2 is 1.33 bits per heavy atom. The summed E-state index contributed by atoms with van der Waals surface area (Å²) in [6.45, 7) is 13.8. The van der Waals surface area contributed by atoms with E-state index in [4.69, 9.17) is 4.74 Å². The number of hydrogen-bond acceptors (Lipinski definition) is 3. The monoisotopic (exact) mass is 290 g/mol. The van der Waals surface area contributed by atoms with E-state index in [1.807, 2.05) is 53.7 Å². The predicted octanol–water partition coefficient (Wildman–Crippen LogP) is 4.00. The van der Waals surface area contributed by atoms with E-state index in [-0.39, 0.29) is 22.6 Å². The molecule has 0 heterocycles. The van der Waals surface area contributed by atoms with Gasteiger partial charge in [-0.2, -0.15) is 0 Å². The molecule has 0 N–H and O–H groups in total. The van der Waals surface area contributed by atoms with Crippen molar-refractivity contribution in [3.8, 4) is 0 Å². The lowest BCUT2D eigenvalue weighted by atomic mass is 9.71. The Bertz CT molecular complexity index is 522. The van der Waals surface area contributed by atoms with Gasteiger partial charge in [-0.15, -0.1) is 0 Å². The molecule has 0 aromatic rings. The second-order valence-corrected chi connectivity index (χ2v) is 7.52. The molecule has 1 aliphatic carbocycles. The van der Waals surface area contributed by atoms with Crippen molar-refractivity contribution < 1.29 is 14.3 Å². The van der Waals surface area contributed by atoms with Crippen LogP contribution < -0.4 is 0 Å². The first-order valence-corrected chi connectivity index (χ1v) is 7.18. The molecule has 3 heteroatoms. The fraction of sp³-hybridized carbons (Fsp3) is 0.556. The zero-order chi connectivity index (χ0) is 16.6. The van der Waals surface area contributed by atoms with Crippen LogP contribution >= 0.6 is 0 Å². The highest BCUT2D eigenvalue weighted by atomic mass is 16.5.